The van der Waals surface area contributed by atoms with Crippen LogP contribution in [0.25, 0.3) is 0 Å². The number of nitriles is 1. The van der Waals surface area contributed by atoms with Gasteiger partial charge in [-0.15, -0.1) is 0 Å². The van der Waals surface area contributed by atoms with Gasteiger partial charge in [-0.2, -0.15) is 5.26 Å². The summed E-state index contributed by atoms with van der Waals surface area (Å²) < 4.78 is 0. The fourth-order valence-corrected chi connectivity index (χ4v) is 2.08. The Hall–Kier alpha value is -1.04. The van der Waals surface area contributed by atoms with Crippen molar-refractivity contribution < 1.29 is 0 Å². The molecule has 0 aromatic heterocycles. The van der Waals surface area contributed by atoms with Crippen LogP contribution in [-0.2, 0) is 5.54 Å². The average Bonchev–Trinajstić information content (AvgIpc) is 3.07. The first-order valence-corrected chi connectivity index (χ1v) is 6.03. The third kappa shape index (κ3) is 2.55. The lowest BCUT2D eigenvalue weighted by Gasteiger charge is -2.17. The van der Waals surface area contributed by atoms with Gasteiger partial charge >= 0.3 is 0 Å². The molecule has 2 nitrogen and oxygen atoms in total. The Labute approximate surface area is 101 Å². The third-order valence-electron chi connectivity index (χ3n) is 3.08. The Kier molecular flexibility index (Phi) is 3.48. The van der Waals surface area contributed by atoms with Crippen LogP contribution in [0.5, 0.6) is 0 Å². The van der Waals surface area contributed by atoms with Gasteiger partial charge in [-0.1, -0.05) is 23.7 Å². The van der Waals surface area contributed by atoms with E-state index in [0.717, 1.165) is 18.0 Å². The van der Waals surface area contributed by atoms with Crippen molar-refractivity contribution in [2.45, 2.75) is 31.2 Å². The molecule has 0 heterocycles. The molecule has 0 amide bonds. The van der Waals surface area contributed by atoms with Gasteiger partial charge < -0.3 is 5.32 Å². The van der Waals surface area contributed by atoms with E-state index in [-0.39, 0.29) is 5.54 Å². The number of halogens is 1. The molecule has 0 spiro atoms. The monoisotopic (exact) mass is 234 g/mol. The number of unbranched alkanes of at least 4 members (excludes halogenated alkanes) is 1. The number of hydrogen-bond acceptors (Lipinski definition) is 2. The second-order valence-electron chi connectivity index (χ2n) is 4.28. The molecule has 0 atom stereocenters. The Bertz CT molecular complexity index is 387. The molecule has 1 aromatic rings. The molecular weight excluding hydrogens is 220 g/mol. The van der Waals surface area contributed by atoms with Crippen molar-refractivity contribution >= 4 is 11.6 Å². The smallest absolute Gasteiger partial charge is 0.0622 e. The first-order valence-electron chi connectivity index (χ1n) is 5.65. The summed E-state index contributed by atoms with van der Waals surface area (Å²) in [5.74, 6) is 0. The van der Waals surface area contributed by atoms with Crippen molar-refractivity contribution in [1.29, 1.82) is 5.26 Å². The normalized spacial score (nSPS) is 16.8. The van der Waals surface area contributed by atoms with Gasteiger partial charge in [0.1, 0.15) is 0 Å². The highest BCUT2D eigenvalue weighted by molar-refractivity contribution is 6.30. The lowest BCUT2D eigenvalue weighted by Crippen LogP contribution is -2.29. The largest absolute Gasteiger partial charge is 0.307 e. The van der Waals surface area contributed by atoms with Crippen LogP contribution in [0.2, 0.25) is 5.02 Å². The van der Waals surface area contributed by atoms with Gasteiger partial charge in [0.15, 0.2) is 0 Å². The summed E-state index contributed by atoms with van der Waals surface area (Å²) in [4.78, 5) is 0. The first-order chi connectivity index (χ1) is 7.77. The highest BCUT2D eigenvalue weighted by Gasteiger charge is 2.43. The standard InChI is InChI=1S/C13H15ClN2/c14-12-5-3-11(4-6-12)13(7-8-13)16-10-2-1-9-15/h3-6,16H,1-2,7-8,10H2. The Morgan fingerprint density at radius 3 is 2.56 bits per heavy atom. The topological polar surface area (TPSA) is 35.8 Å². The lowest BCUT2D eigenvalue weighted by atomic mass is 10.0. The highest BCUT2D eigenvalue weighted by atomic mass is 35.5. The second kappa shape index (κ2) is 4.86. The molecule has 0 saturated heterocycles. The van der Waals surface area contributed by atoms with E-state index in [1.165, 1.54) is 18.4 Å². The predicted octanol–water partition coefficient (Wildman–Crippen LogP) is 3.22. The minimum atomic E-state index is 0.167. The molecule has 1 fully saturated rings. The minimum Gasteiger partial charge on any atom is -0.307 e. The van der Waals surface area contributed by atoms with Crippen LogP contribution in [0.1, 0.15) is 31.2 Å². The highest BCUT2D eigenvalue weighted by Crippen LogP contribution is 2.45. The van der Waals surface area contributed by atoms with E-state index in [4.69, 9.17) is 16.9 Å². The zero-order chi connectivity index (χ0) is 11.4. The summed E-state index contributed by atoms with van der Waals surface area (Å²) >= 11 is 5.87. The number of benzene rings is 1. The van der Waals surface area contributed by atoms with Crippen LogP contribution < -0.4 is 5.32 Å². The average molecular weight is 235 g/mol. The van der Waals surface area contributed by atoms with E-state index >= 15 is 0 Å². The second-order valence-corrected chi connectivity index (χ2v) is 4.71. The molecule has 16 heavy (non-hydrogen) atoms. The van der Waals surface area contributed by atoms with Gasteiger partial charge in [-0.25, -0.2) is 0 Å². The molecule has 84 valence electrons. The van der Waals surface area contributed by atoms with Crippen LogP contribution in [0, 0.1) is 11.3 Å². The maximum absolute atomic E-state index is 8.47. The van der Waals surface area contributed by atoms with Crippen molar-refractivity contribution in [2.75, 3.05) is 6.54 Å². The van der Waals surface area contributed by atoms with Crippen LogP contribution in [0.15, 0.2) is 24.3 Å². The molecule has 1 saturated carbocycles. The maximum Gasteiger partial charge on any atom is 0.0622 e. The van der Waals surface area contributed by atoms with Gasteiger partial charge in [0, 0.05) is 17.0 Å². The number of rotatable bonds is 5. The molecule has 2 rings (SSSR count). The maximum atomic E-state index is 8.47. The van der Waals surface area contributed by atoms with Crippen molar-refractivity contribution in [3.63, 3.8) is 0 Å². The molecule has 0 radical (unpaired) electrons. The zero-order valence-electron chi connectivity index (χ0n) is 9.17. The van der Waals surface area contributed by atoms with Gasteiger partial charge in [0.25, 0.3) is 0 Å². The molecular formula is C13H15ClN2. The third-order valence-corrected chi connectivity index (χ3v) is 3.33. The summed E-state index contributed by atoms with van der Waals surface area (Å²) in [5, 5.41) is 12.8. The Morgan fingerprint density at radius 1 is 1.31 bits per heavy atom. The van der Waals surface area contributed by atoms with Crippen LogP contribution in [0.3, 0.4) is 0 Å². The van der Waals surface area contributed by atoms with Gasteiger partial charge in [0.05, 0.1) is 6.07 Å². The summed E-state index contributed by atoms with van der Waals surface area (Å²) in [6.07, 6.45) is 3.91. The molecule has 1 aliphatic rings. The summed E-state index contributed by atoms with van der Waals surface area (Å²) in [6.45, 7) is 0.913. The molecule has 0 bridgehead atoms. The Balaban J connectivity index is 1.93. The van der Waals surface area contributed by atoms with Gasteiger partial charge in [-0.05, 0) is 43.5 Å². The Morgan fingerprint density at radius 2 is 2.00 bits per heavy atom. The fourth-order valence-electron chi connectivity index (χ4n) is 1.96. The first kappa shape index (κ1) is 11.4. The number of nitrogens with one attached hydrogen (secondary N) is 1. The lowest BCUT2D eigenvalue weighted by molar-refractivity contribution is 0.512. The molecule has 1 N–H and O–H groups in total. The van der Waals surface area contributed by atoms with E-state index in [2.05, 4.69) is 23.5 Å². The van der Waals surface area contributed by atoms with Crippen molar-refractivity contribution in [3.05, 3.63) is 34.9 Å². The van der Waals surface area contributed by atoms with Crippen molar-refractivity contribution in [1.82, 2.24) is 5.32 Å². The molecule has 1 aromatic carbocycles. The minimum absolute atomic E-state index is 0.167. The quantitative estimate of drug-likeness (QED) is 0.794. The van der Waals surface area contributed by atoms with Gasteiger partial charge in [0.2, 0.25) is 0 Å². The predicted molar refractivity (Wildman–Crippen MR) is 65.2 cm³/mol. The van der Waals surface area contributed by atoms with Gasteiger partial charge in [-0.3, -0.25) is 0 Å². The number of nitrogens with zero attached hydrogens (tertiary/aromatic N) is 1. The fraction of sp³-hybridized carbons (Fsp3) is 0.462. The summed E-state index contributed by atoms with van der Waals surface area (Å²) in [6, 6.07) is 10.2. The van der Waals surface area contributed by atoms with E-state index < -0.39 is 0 Å². The molecule has 1 aliphatic carbocycles. The number of hydrogen-bond donors (Lipinski definition) is 1. The van der Waals surface area contributed by atoms with Crippen LogP contribution in [-0.4, -0.2) is 6.54 Å². The zero-order valence-corrected chi connectivity index (χ0v) is 9.93. The molecule has 3 heteroatoms. The van der Waals surface area contributed by atoms with Crippen molar-refractivity contribution in [3.8, 4) is 6.07 Å². The molecule has 0 aliphatic heterocycles. The summed E-state index contributed by atoms with van der Waals surface area (Å²) in [7, 11) is 0. The summed E-state index contributed by atoms with van der Waals surface area (Å²) in [5.41, 5.74) is 1.48. The van der Waals surface area contributed by atoms with E-state index in [1.807, 2.05) is 12.1 Å². The van der Waals surface area contributed by atoms with E-state index in [9.17, 15) is 0 Å². The van der Waals surface area contributed by atoms with Crippen LogP contribution >= 0.6 is 11.6 Å². The molecule has 0 unspecified atom stereocenters. The van der Waals surface area contributed by atoms with Crippen LogP contribution in [0.4, 0.5) is 0 Å². The van der Waals surface area contributed by atoms with E-state index in [0.29, 0.717) is 6.42 Å². The van der Waals surface area contributed by atoms with Crippen molar-refractivity contribution in [2.24, 2.45) is 0 Å². The van der Waals surface area contributed by atoms with E-state index in [1.54, 1.807) is 0 Å². The SMILES string of the molecule is N#CCCCNC1(c2ccc(Cl)cc2)CC1.